The summed E-state index contributed by atoms with van der Waals surface area (Å²) < 4.78 is 1.67. The van der Waals surface area contributed by atoms with E-state index < -0.39 is 0 Å². The molecule has 80 valence electrons. The van der Waals surface area contributed by atoms with E-state index in [-0.39, 0.29) is 5.69 Å². The molecule has 0 bridgehead atoms. The van der Waals surface area contributed by atoms with E-state index in [4.69, 9.17) is 23.2 Å². The first-order valence-corrected chi connectivity index (χ1v) is 5.57. The van der Waals surface area contributed by atoms with Crippen molar-refractivity contribution in [3.05, 3.63) is 33.7 Å². The number of hydrogen-bond acceptors (Lipinski definition) is 1. The molecule has 0 aliphatic carbocycles. The van der Waals surface area contributed by atoms with Crippen molar-refractivity contribution in [2.24, 2.45) is 0 Å². The number of nitrogens with one attached hydrogen (secondary N) is 1. The van der Waals surface area contributed by atoms with Crippen LogP contribution in [0.5, 0.6) is 0 Å². The number of fused-ring (bicyclic) bond motifs is 1. The Kier molecular flexibility index (Phi) is 3.03. The molecule has 0 aliphatic rings. The second kappa shape index (κ2) is 4.29. The number of aromatic amines is 1. The predicted octanol–water partition coefficient (Wildman–Crippen LogP) is 2.61. The van der Waals surface area contributed by atoms with Crippen molar-refractivity contribution in [3.8, 4) is 0 Å². The van der Waals surface area contributed by atoms with Crippen LogP contribution in [0.2, 0.25) is 5.02 Å². The lowest BCUT2D eigenvalue weighted by molar-refractivity contribution is 0.678. The van der Waals surface area contributed by atoms with Crippen molar-refractivity contribution in [1.29, 1.82) is 0 Å². The highest BCUT2D eigenvalue weighted by Gasteiger charge is 2.05. The fourth-order valence-corrected chi connectivity index (χ4v) is 1.87. The molecule has 3 nitrogen and oxygen atoms in total. The van der Waals surface area contributed by atoms with Crippen molar-refractivity contribution < 1.29 is 0 Å². The molecule has 0 saturated heterocycles. The second-order valence-electron chi connectivity index (χ2n) is 3.29. The summed E-state index contributed by atoms with van der Waals surface area (Å²) in [5.41, 5.74) is 1.52. The molecular formula is C10H10Cl2N2O. The minimum atomic E-state index is -0.114. The van der Waals surface area contributed by atoms with Crippen molar-refractivity contribution in [2.45, 2.75) is 13.0 Å². The first-order chi connectivity index (χ1) is 7.22. The highest BCUT2D eigenvalue weighted by Crippen LogP contribution is 2.16. The molecule has 0 radical (unpaired) electrons. The van der Waals surface area contributed by atoms with E-state index in [2.05, 4.69) is 4.98 Å². The van der Waals surface area contributed by atoms with E-state index in [1.165, 1.54) is 0 Å². The van der Waals surface area contributed by atoms with Gasteiger partial charge in [0, 0.05) is 17.4 Å². The van der Waals surface area contributed by atoms with Gasteiger partial charge >= 0.3 is 5.69 Å². The first kappa shape index (κ1) is 10.6. The fourth-order valence-electron chi connectivity index (χ4n) is 1.58. The first-order valence-electron chi connectivity index (χ1n) is 4.66. The summed E-state index contributed by atoms with van der Waals surface area (Å²) in [5.74, 6) is 0.548. The number of alkyl halides is 1. The van der Waals surface area contributed by atoms with Crippen LogP contribution in [0.1, 0.15) is 6.42 Å². The third-order valence-electron chi connectivity index (χ3n) is 2.25. The zero-order valence-corrected chi connectivity index (χ0v) is 9.48. The Morgan fingerprint density at radius 1 is 1.40 bits per heavy atom. The lowest BCUT2D eigenvalue weighted by atomic mass is 10.3. The van der Waals surface area contributed by atoms with Gasteiger partial charge in [0.1, 0.15) is 0 Å². The molecule has 0 atom stereocenters. The Hall–Kier alpha value is -0.930. The topological polar surface area (TPSA) is 37.8 Å². The highest BCUT2D eigenvalue weighted by atomic mass is 35.5. The molecule has 1 aromatic heterocycles. The van der Waals surface area contributed by atoms with Gasteiger partial charge in [-0.15, -0.1) is 11.6 Å². The lowest BCUT2D eigenvalue weighted by Crippen LogP contribution is -2.16. The van der Waals surface area contributed by atoms with E-state index in [0.29, 0.717) is 17.4 Å². The van der Waals surface area contributed by atoms with Crippen molar-refractivity contribution in [3.63, 3.8) is 0 Å². The minimum Gasteiger partial charge on any atom is -0.305 e. The van der Waals surface area contributed by atoms with Crippen LogP contribution in [0, 0.1) is 0 Å². The molecule has 2 rings (SSSR count). The van der Waals surface area contributed by atoms with Gasteiger partial charge in [0.25, 0.3) is 0 Å². The summed E-state index contributed by atoms with van der Waals surface area (Å²) in [4.78, 5) is 14.3. The summed E-state index contributed by atoms with van der Waals surface area (Å²) in [6.45, 7) is 0.629. The van der Waals surface area contributed by atoms with Gasteiger partial charge in [-0.25, -0.2) is 4.79 Å². The van der Waals surface area contributed by atoms with Crippen LogP contribution in [-0.4, -0.2) is 15.4 Å². The lowest BCUT2D eigenvalue weighted by Gasteiger charge is -2.00. The quantitative estimate of drug-likeness (QED) is 0.829. The number of imidazole rings is 1. The molecule has 0 unspecified atom stereocenters. The van der Waals surface area contributed by atoms with Crippen molar-refractivity contribution >= 4 is 34.2 Å². The molecule has 2 aromatic rings. The number of H-pyrrole nitrogens is 1. The minimum absolute atomic E-state index is 0.114. The number of aryl methyl sites for hydroxylation is 1. The third kappa shape index (κ3) is 2.03. The zero-order chi connectivity index (χ0) is 10.8. The Morgan fingerprint density at radius 2 is 2.20 bits per heavy atom. The van der Waals surface area contributed by atoms with Gasteiger partial charge in [-0.1, -0.05) is 11.6 Å². The molecule has 0 spiro atoms. The van der Waals surface area contributed by atoms with Crippen LogP contribution >= 0.6 is 23.2 Å². The van der Waals surface area contributed by atoms with Crippen LogP contribution in [0.25, 0.3) is 11.0 Å². The Balaban J connectivity index is 2.53. The zero-order valence-electron chi connectivity index (χ0n) is 7.96. The number of aromatic nitrogens is 2. The van der Waals surface area contributed by atoms with Gasteiger partial charge in [0.2, 0.25) is 0 Å². The Labute approximate surface area is 96.6 Å². The third-order valence-corrected chi connectivity index (χ3v) is 2.75. The molecule has 0 fully saturated rings. The average Bonchev–Trinajstić information content (AvgIpc) is 2.50. The maximum absolute atomic E-state index is 11.6. The SMILES string of the molecule is O=c1[nH]c2cc(Cl)ccc2n1CCCCl. The van der Waals surface area contributed by atoms with Gasteiger partial charge in [-0.3, -0.25) is 4.57 Å². The number of rotatable bonds is 3. The largest absolute Gasteiger partial charge is 0.326 e. The van der Waals surface area contributed by atoms with Crippen LogP contribution in [0.4, 0.5) is 0 Å². The van der Waals surface area contributed by atoms with E-state index in [9.17, 15) is 4.79 Å². The molecule has 0 amide bonds. The van der Waals surface area contributed by atoms with Gasteiger partial charge < -0.3 is 4.98 Å². The van der Waals surface area contributed by atoms with Gasteiger partial charge in [0.15, 0.2) is 0 Å². The van der Waals surface area contributed by atoms with Gasteiger partial charge in [-0.2, -0.15) is 0 Å². The molecule has 1 N–H and O–H groups in total. The standard InChI is InChI=1S/C10H10Cl2N2O/c11-4-1-5-14-9-3-2-7(12)6-8(9)13-10(14)15/h2-3,6H,1,4-5H2,(H,13,15). The van der Waals surface area contributed by atoms with E-state index >= 15 is 0 Å². The summed E-state index contributed by atoms with van der Waals surface area (Å²) in [6.07, 6.45) is 0.775. The van der Waals surface area contributed by atoms with Crippen LogP contribution < -0.4 is 5.69 Å². The number of hydrogen-bond donors (Lipinski definition) is 1. The average molecular weight is 245 g/mol. The monoisotopic (exact) mass is 244 g/mol. The number of benzene rings is 1. The van der Waals surface area contributed by atoms with Crippen LogP contribution in [0.3, 0.4) is 0 Å². The summed E-state index contributed by atoms with van der Waals surface area (Å²) >= 11 is 11.4. The highest BCUT2D eigenvalue weighted by molar-refractivity contribution is 6.31. The number of halogens is 2. The Morgan fingerprint density at radius 3 is 2.93 bits per heavy atom. The fraction of sp³-hybridized carbons (Fsp3) is 0.300. The van der Waals surface area contributed by atoms with Crippen molar-refractivity contribution in [1.82, 2.24) is 9.55 Å². The van der Waals surface area contributed by atoms with Gasteiger partial charge in [-0.05, 0) is 24.6 Å². The van der Waals surface area contributed by atoms with Crippen LogP contribution in [-0.2, 0) is 6.54 Å². The Bertz CT molecular complexity index is 530. The maximum Gasteiger partial charge on any atom is 0.326 e. The molecular weight excluding hydrogens is 235 g/mol. The molecule has 15 heavy (non-hydrogen) atoms. The van der Waals surface area contributed by atoms with E-state index in [0.717, 1.165) is 17.5 Å². The maximum atomic E-state index is 11.6. The normalized spacial score (nSPS) is 11.1. The molecule has 1 aromatic carbocycles. The molecule has 0 aliphatic heterocycles. The summed E-state index contributed by atoms with van der Waals surface area (Å²) in [7, 11) is 0. The molecule has 5 heteroatoms. The predicted molar refractivity (Wildman–Crippen MR) is 62.9 cm³/mol. The number of nitrogens with zero attached hydrogens (tertiary/aromatic N) is 1. The van der Waals surface area contributed by atoms with E-state index in [1.807, 2.05) is 6.07 Å². The van der Waals surface area contributed by atoms with Gasteiger partial charge in [0.05, 0.1) is 11.0 Å². The van der Waals surface area contributed by atoms with Crippen molar-refractivity contribution in [2.75, 3.05) is 5.88 Å². The van der Waals surface area contributed by atoms with E-state index in [1.54, 1.807) is 16.7 Å². The summed E-state index contributed by atoms with van der Waals surface area (Å²) in [5, 5.41) is 0.619. The van der Waals surface area contributed by atoms with Crippen LogP contribution in [0.15, 0.2) is 23.0 Å². The summed E-state index contributed by atoms with van der Waals surface area (Å²) in [6, 6.07) is 5.35. The smallest absolute Gasteiger partial charge is 0.305 e. The molecule has 1 heterocycles. The second-order valence-corrected chi connectivity index (χ2v) is 4.10. The molecule has 0 saturated carbocycles.